The molecule has 2 heterocycles. The van der Waals surface area contributed by atoms with Gasteiger partial charge in [-0.2, -0.15) is 0 Å². The fraction of sp³-hybridized carbons (Fsp3) is 0.235. The Kier molecular flexibility index (Phi) is 5.69. The maximum absolute atomic E-state index is 13.1. The average molecular weight is 430 g/mol. The Hall–Kier alpha value is -2.16. The predicted octanol–water partition coefficient (Wildman–Crippen LogP) is 3.15. The molecular weight excluding hydrogens is 417 g/mol. The van der Waals surface area contributed by atoms with Crippen LogP contribution in [-0.4, -0.2) is 35.5 Å². The number of rotatable bonds is 5. The molecule has 0 fully saturated rings. The highest BCUT2D eigenvalue weighted by molar-refractivity contribution is 8.06. The number of esters is 1. The number of carboxylic acid groups (broad SMARTS) is 1. The van der Waals surface area contributed by atoms with Crippen LogP contribution in [0.25, 0.3) is 0 Å². The van der Waals surface area contributed by atoms with Gasteiger partial charge in [0, 0.05) is 23.7 Å². The number of thioether (sulfide) groups is 1. The molecule has 0 bridgehead atoms. The molecule has 0 saturated carbocycles. The monoisotopic (exact) mass is 429 g/mol. The third-order valence-electron chi connectivity index (χ3n) is 3.83. The molecule has 1 unspecified atom stereocenters. The van der Waals surface area contributed by atoms with Crippen LogP contribution in [0.3, 0.4) is 0 Å². The Morgan fingerprint density at radius 1 is 1.37 bits per heavy atom. The molecule has 1 atom stereocenters. The van der Waals surface area contributed by atoms with E-state index in [-0.39, 0.29) is 40.0 Å². The fourth-order valence-electron chi connectivity index (χ4n) is 2.63. The largest absolute Gasteiger partial charge is 0.478 e. The van der Waals surface area contributed by atoms with Gasteiger partial charge in [-0.25, -0.2) is 9.59 Å². The minimum absolute atomic E-state index is 0.0279. The van der Waals surface area contributed by atoms with Crippen molar-refractivity contribution in [3.05, 3.63) is 49.4 Å². The van der Waals surface area contributed by atoms with Crippen molar-refractivity contribution in [1.29, 1.82) is 0 Å². The van der Waals surface area contributed by atoms with E-state index < -0.39 is 23.8 Å². The van der Waals surface area contributed by atoms with Crippen LogP contribution in [0.4, 0.5) is 0 Å². The van der Waals surface area contributed by atoms with Crippen molar-refractivity contribution in [2.45, 2.75) is 19.4 Å². The van der Waals surface area contributed by atoms with Crippen LogP contribution in [0.15, 0.2) is 28.3 Å². The van der Waals surface area contributed by atoms with Crippen molar-refractivity contribution in [2.24, 2.45) is 0 Å². The number of ether oxygens (including phenoxy) is 2. The Labute approximate surface area is 168 Å². The van der Waals surface area contributed by atoms with Crippen molar-refractivity contribution >= 4 is 52.7 Å². The molecule has 0 amide bonds. The summed E-state index contributed by atoms with van der Waals surface area (Å²) in [4.78, 5) is 36.6. The van der Waals surface area contributed by atoms with E-state index in [9.17, 15) is 14.4 Å². The van der Waals surface area contributed by atoms with Crippen molar-refractivity contribution < 1.29 is 29.0 Å². The number of carboxylic acids is 1. The quantitative estimate of drug-likeness (QED) is 0.242. The molecule has 10 heteroatoms. The summed E-state index contributed by atoms with van der Waals surface area (Å²) < 4.78 is 10.3. The first-order chi connectivity index (χ1) is 12.8. The van der Waals surface area contributed by atoms with Crippen molar-refractivity contribution in [3.8, 4) is 5.75 Å². The number of fused-ring (bicyclic) bond motifs is 1. The minimum Gasteiger partial charge on any atom is -0.478 e. The molecule has 0 aliphatic carbocycles. The number of hydrogen-bond donors (Lipinski definition) is 2. The standard InChI is InChI=1S/C17H13Cl2NO6S/c1-2-25-17(24)10(15-20-3-4-27-15)13(21)8-5-7-6-9(16(22)23)26-14(7)12(19)11(8)18/h3-5,9,20H,2,6H2,1H3,(H,22,23). The minimum atomic E-state index is -1.15. The first-order valence-corrected chi connectivity index (χ1v) is 9.43. The summed E-state index contributed by atoms with van der Waals surface area (Å²) in [5.74, 6) is -2.50. The zero-order chi connectivity index (χ0) is 19.7. The van der Waals surface area contributed by atoms with Crippen LogP contribution < -0.4 is 10.1 Å². The van der Waals surface area contributed by atoms with Gasteiger partial charge < -0.3 is 19.9 Å². The van der Waals surface area contributed by atoms with Gasteiger partial charge in [0.25, 0.3) is 0 Å². The number of nitrogens with one attached hydrogen (secondary N) is 1. The first-order valence-electron chi connectivity index (χ1n) is 7.79. The normalized spacial score (nSPS) is 19.1. The van der Waals surface area contributed by atoms with E-state index >= 15 is 0 Å². The third-order valence-corrected chi connectivity index (χ3v) is 5.51. The van der Waals surface area contributed by atoms with Gasteiger partial charge in [0.2, 0.25) is 5.78 Å². The van der Waals surface area contributed by atoms with Gasteiger partial charge in [0.1, 0.15) is 16.3 Å². The fourth-order valence-corrected chi connectivity index (χ4v) is 3.83. The highest BCUT2D eigenvalue weighted by Crippen LogP contribution is 2.43. The molecule has 2 aliphatic heterocycles. The van der Waals surface area contributed by atoms with E-state index in [4.69, 9.17) is 37.8 Å². The summed E-state index contributed by atoms with van der Waals surface area (Å²) in [6.45, 7) is 1.72. The zero-order valence-electron chi connectivity index (χ0n) is 13.9. The zero-order valence-corrected chi connectivity index (χ0v) is 16.2. The van der Waals surface area contributed by atoms with Gasteiger partial charge in [-0.1, -0.05) is 35.0 Å². The molecule has 2 aliphatic rings. The van der Waals surface area contributed by atoms with Crippen LogP contribution in [-0.2, 0) is 20.7 Å². The lowest BCUT2D eigenvalue weighted by Gasteiger charge is -2.13. The lowest BCUT2D eigenvalue weighted by atomic mass is 9.99. The number of hydrogen-bond acceptors (Lipinski definition) is 7. The van der Waals surface area contributed by atoms with Gasteiger partial charge >= 0.3 is 11.9 Å². The number of carbonyl (C=O) groups excluding carboxylic acids is 2. The van der Waals surface area contributed by atoms with E-state index in [1.807, 2.05) is 0 Å². The van der Waals surface area contributed by atoms with Gasteiger partial charge in [-0.05, 0) is 18.4 Å². The highest BCUT2D eigenvalue weighted by Gasteiger charge is 2.35. The van der Waals surface area contributed by atoms with Crippen LogP contribution in [0, 0.1) is 0 Å². The van der Waals surface area contributed by atoms with Gasteiger partial charge in [0.05, 0.1) is 16.7 Å². The second-order valence-electron chi connectivity index (χ2n) is 5.51. The van der Waals surface area contributed by atoms with Gasteiger partial charge in [-0.3, -0.25) is 4.79 Å². The molecule has 0 aromatic heterocycles. The van der Waals surface area contributed by atoms with Crippen LogP contribution in [0.2, 0.25) is 10.0 Å². The van der Waals surface area contributed by atoms with E-state index in [1.54, 1.807) is 18.5 Å². The summed E-state index contributed by atoms with van der Waals surface area (Å²) in [7, 11) is 0. The maximum atomic E-state index is 13.1. The van der Waals surface area contributed by atoms with E-state index in [0.717, 1.165) is 11.8 Å². The number of Topliss-reactive ketones (excluding diaryl/α,β-unsaturated/α-hetero) is 1. The molecule has 2 N–H and O–H groups in total. The highest BCUT2D eigenvalue weighted by atomic mass is 35.5. The SMILES string of the molecule is CCOC(=O)C(C(=O)c1cc2c(c(Cl)c1Cl)OC(C(=O)O)C2)=C1NC=CS1. The van der Waals surface area contributed by atoms with Crippen molar-refractivity contribution in [1.82, 2.24) is 5.32 Å². The lowest BCUT2D eigenvalue weighted by molar-refractivity contribution is -0.144. The molecule has 0 spiro atoms. The predicted molar refractivity (Wildman–Crippen MR) is 100 cm³/mol. The number of ketones is 1. The maximum Gasteiger partial charge on any atom is 0.345 e. The second kappa shape index (κ2) is 7.84. The van der Waals surface area contributed by atoms with Crippen molar-refractivity contribution in [3.63, 3.8) is 0 Å². The van der Waals surface area contributed by atoms with Gasteiger partial charge in [0.15, 0.2) is 6.10 Å². The van der Waals surface area contributed by atoms with Crippen LogP contribution in [0.5, 0.6) is 5.75 Å². The number of benzene rings is 1. The Morgan fingerprint density at radius 3 is 2.70 bits per heavy atom. The topological polar surface area (TPSA) is 102 Å². The third kappa shape index (κ3) is 3.65. The number of halogens is 2. The lowest BCUT2D eigenvalue weighted by Crippen LogP contribution is -2.24. The summed E-state index contributed by atoms with van der Waals surface area (Å²) in [6.07, 6.45) is 0.495. The molecule has 1 aromatic rings. The molecule has 27 heavy (non-hydrogen) atoms. The molecule has 0 radical (unpaired) electrons. The molecule has 1 aromatic carbocycles. The molecule has 3 rings (SSSR count). The molecular formula is C17H13Cl2NO6S. The van der Waals surface area contributed by atoms with E-state index in [1.165, 1.54) is 6.07 Å². The summed E-state index contributed by atoms with van der Waals surface area (Å²) >= 11 is 13.6. The second-order valence-corrected chi connectivity index (χ2v) is 7.18. The van der Waals surface area contributed by atoms with Gasteiger partial charge in [-0.15, -0.1) is 0 Å². The summed E-state index contributed by atoms with van der Waals surface area (Å²) in [5, 5.41) is 13.7. The molecule has 7 nitrogen and oxygen atoms in total. The Balaban J connectivity index is 2.05. The number of aliphatic carboxylic acids is 1. The average Bonchev–Trinajstić information content (AvgIpc) is 3.28. The summed E-state index contributed by atoms with van der Waals surface area (Å²) in [5.41, 5.74) is 0.192. The molecule has 0 saturated heterocycles. The van der Waals surface area contributed by atoms with Crippen LogP contribution in [0.1, 0.15) is 22.8 Å². The van der Waals surface area contributed by atoms with E-state index in [0.29, 0.717) is 10.6 Å². The smallest absolute Gasteiger partial charge is 0.345 e. The summed E-state index contributed by atoms with van der Waals surface area (Å²) in [6, 6.07) is 1.40. The van der Waals surface area contributed by atoms with Crippen LogP contribution >= 0.6 is 35.0 Å². The Morgan fingerprint density at radius 2 is 2.11 bits per heavy atom. The first kappa shape index (κ1) is 19.6. The van der Waals surface area contributed by atoms with E-state index in [2.05, 4.69) is 5.32 Å². The van der Waals surface area contributed by atoms with Crippen molar-refractivity contribution in [2.75, 3.05) is 6.61 Å². The Bertz CT molecular complexity index is 901. The number of carbonyl (C=O) groups is 3. The molecule has 142 valence electrons.